The monoisotopic (exact) mass is 432 g/mol. The van der Waals surface area contributed by atoms with Crippen LogP contribution in [0.1, 0.15) is 11.1 Å². The lowest BCUT2D eigenvalue weighted by Gasteiger charge is -2.35. The van der Waals surface area contributed by atoms with E-state index in [1.807, 2.05) is 48.2 Å². The van der Waals surface area contributed by atoms with Crippen molar-refractivity contribution in [3.05, 3.63) is 58.1 Å². The molecule has 144 valence electrons. The normalized spacial score (nSPS) is 14.9. The third-order valence-electron chi connectivity index (χ3n) is 4.74. The second-order valence-corrected chi connectivity index (χ2v) is 7.63. The Morgan fingerprint density at radius 3 is 2.44 bits per heavy atom. The van der Waals surface area contributed by atoms with Gasteiger partial charge in [0.25, 0.3) is 5.91 Å². The number of carbonyl (C=O) groups is 1. The average Bonchev–Trinajstić information content (AvgIpc) is 2.68. The van der Waals surface area contributed by atoms with Gasteiger partial charge in [-0.2, -0.15) is 0 Å². The molecule has 1 heterocycles. The van der Waals surface area contributed by atoms with Gasteiger partial charge in [-0.25, -0.2) is 0 Å². The first-order valence-corrected chi connectivity index (χ1v) is 9.86. The Morgan fingerprint density at radius 2 is 1.78 bits per heavy atom. The van der Waals surface area contributed by atoms with Gasteiger partial charge in [0.15, 0.2) is 6.61 Å². The van der Waals surface area contributed by atoms with Gasteiger partial charge in [-0.05, 0) is 37.3 Å². The first kappa shape index (κ1) is 19.7. The number of carbonyl (C=O) groups excluding carboxylic acids is 1. The van der Waals surface area contributed by atoms with E-state index in [4.69, 9.17) is 9.47 Å². The minimum absolute atomic E-state index is 0.0373. The molecule has 0 spiro atoms. The maximum Gasteiger partial charge on any atom is 0.260 e. The topological polar surface area (TPSA) is 42.0 Å². The summed E-state index contributed by atoms with van der Waals surface area (Å²) in [5.74, 6) is 1.66. The van der Waals surface area contributed by atoms with Crippen molar-refractivity contribution in [3.63, 3.8) is 0 Å². The quantitative estimate of drug-likeness (QED) is 0.700. The fourth-order valence-electron chi connectivity index (χ4n) is 3.14. The molecule has 0 saturated carbocycles. The van der Waals surface area contributed by atoms with Gasteiger partial charge in [0.2, 0.25) is 0 Å². The van der Waals surface area contributed by atoms with E-state index in [9.17, 15) is 4.79 Å². The number of benzene rings is 2. The van der Waals surface area contributed by atoms with Crippen LogP contribution in [0.15, 0.2) is 46.9 Å². The highest BCUT2D eigenvalue weighted by Crippen LogP contribution is 2.24. The Balaban J connectivity index is 1.47. The maximum atomic E-state index is 12.4. The van der Waals surface area contributed by atoms with Crippen molar-refractivity contribution in [1.29, 1.82) is 0 Å². The molecule has 0 unspecified atom stereocenters. The summed E-state index contributed by atoms with van der Waals surface area (Å²) in [7, 11) is 1.69. The third kappa shape index (κ3) is 5.47. The van der Waals surface area contributed by atoms with Gasteiger partial charge in [0.1, 0.15) is 11.5 Å². The van der Waals surface area contributed by atoms with E-state index in [1.165, 1.54) is 5.56 Å². The van der Waals surface area contributed by atoms with Crippen LogP contribution >= 0.6 is 15.9 Å². The van der Waals surface area contributed by atoms with Gasteiger partial charge in [-0.15, -0.1) is 0 Å². The number of methoxy groups -OCH3 is 1. The number of ether oxygens (including phenoxy) is 2. The third-order valence-corrected chi connectivity index (χ3v) is 5.24. The van der Waals surface area contributed by atoms with E-state index in [1.54, 1.807) is 7.11 Å². The molecule has 0 atom stereocenters. The van der Waals surface area contributed by atoms with Crippen LogP contribution in [0.4, 0.5) is 0 Å². The van der Waals surface area contributed by atoms with Gasteiger partial charge in [0, 0.05) is 42.8 Å². The molecule has 2 aromatic carbocycles. The molecule has 3 rings (SSSR count). The summed E-state index contributed by atoms with van der Waals surface area (Å²) in [6, 6.07) is 13.8. The van der Waals surface area contributed by atoms with Crippen LogP contribution in [0.25, 0.3) is 0 Å². The maximum absolute atomic E-state index is 12.4. The summed E-state index contributed by atoms with van der Waals surface area (Å²) < 4.78 is 12.1. The van der Waals surface area contributed by atoms with E-state index < -0.39 is 0 Å². The number of nitrogens with zero attached hydrogens (tertiary/aromatic N) is 2. The smallest absolute Gasteiger partial charge is 0.260 e. The molecule has 27 heavy (non-hydrogen) atoms. The number of amides is 1. The van der Waals surface area contributed by atoms with Crippen molar-refractivity contribution >= 4 is 21.8 Å². The van der Waals surface area contributed by atoms with Crippen LogP contribution in [0, 0.1) is 6.92 Å². The second-order valence-electron chi connectivity index (χ2n) is 6.71. The van der Waals surface area contributed by atoms with Crippen LogP contribution in [-0.4, -0.2) is 55.6 Å². The lowest BCUT2D eigenvalue weighted by Crippen LogP contribution is -2.49. The van der Waals surface area contributed by atoms with Gasteiger partial charge >= 0.3 is 0 Å². The van der Waals surface area contributed by atoms with Crippen LogP contribution in [0.3, 0.4) is 0 Å². The fourth-order valence-corrected chi connectivity index (χ4v) is 3.55. The molecule has 0 bridgehead atoms. The molecule has 0 aliphatic carbocycles. The first-order valence-electron chi connectivity index (χ1n) is 9.07. The van der Waals surface area contributed by atoms with Crippen LogP contribution in [-0.2, 0) is 11.3 Å². The zero-order valence-corrected chi connectivity index (χ0v) is 17.4. The van der Waals surface area contributed by atoms with Crippen LogP contribution in [0.5, 0.6) is 11.5 Å². The van der Waals surface area contributed by atoms with E-state index in [0.717, 1.165) is 41.2 Å². The van der Waals surface area contributed by atoms with E-state index in [0.29, 0.717) is 13.1 Å². The molecule has 1 amide bonds. The van der Waals surface area contributed by atoms with E-state index in [2.05, 4.69) is 26.9 Å². The van der Waals surface area contributed by atoms with Crippen LogP contribution in [0.2, 0.25) is 0 Å². The number of halogens is 1. The standard InChI is InChI=1S/C21H25BrN2O3/c1-16-3-6-19(7-4-16)27-15-21(25)24-11-9-23(10-12-24)14-17-13-18(22)5-8-20(17)26-2/h3-8,13H,9-12,14-15H2,1-2H3. The second kappa shape index (κ2) is 9.24. The lowest BCUT2D eigenvalue weighted by atomic mass is 10.1. The molecule has 1 fully saturated rings. The van der Waals surface area contributed by atoms with E-state index in [-0.39, 0.29) is 12.5 Å². The molecule has 0 radical (unpaired) electrons. The molecular formula is C21H25BrN2O3. The summed E-state index contributed by atoms with van der Waals surface area (Å²) in [6.45, 7) is 6.03. The molecule has 0 N–H and O–H groups in total. The lowest BCUT2D eigenvalue weighted by molar-refractivity contribution is -0.135. The Hall–Kier alpha value is -2.05. The molecule has 2 aromatic rings. The molecule has 5 nitrogen and oxygen atoms in total. The molecule has 1 saturated heterocycles. The number of piperazine rings is 1. The Bertz CT molecular complexity index is 771. The zero-order valence-electron chi connectivity index (χ0n) is 15.8. The summed E-state index contributed by atoms with van der Waals surface area (Å²) in [4.78, 5) is 16.6. The molecule has 1 aliphatic heterocycles. The summed E-state index contributed by atoms with van der Waals surface area (Å²) in [5, 5.41) is 0. The van der Waals surface area contributed by atoms with Gasteiger partial charge < -0.3 is 14.4 Å². The van der Waals surface area contributed by atoms with Crippen molar-refractivity contribution in [2.24, 2.45) is 0 Å². The molecule has 1 aliphatic rings. The van der Waals surface area contributed by atoms with Gasteiger partial charge in [-0.1, -0.05) is 33.6 Å². The SMILES string of the molecule is COc1ccc(Br)cc1CN1CCN(C(=O)COc2ccc(C)cc2)CC1. The van der Waals surface area contributed by atoms with Crippen LogP contribution < -0.4 is 9.47 Å². The first-order chi connectivity index (χ1) is 13.0. The van der Waals surface area contributed by atoms with Gasteiger partial charge in [0.05, 0.1) is 7.11 Å². The largest absolute Gasteiger partial charge is 0.496 e. The molecule has 0 aromatic heterocycles. The van der Waals surface area contributed by atoms with Crippen molar-refractivity contribution in [3.8, 4) is 11.5 Å². The highest BCUT2D eigenvalue weighted by molar-refractivity contribution is 9.10. The molecular weight excluding hydrogens is 408 g/mol. The minimum atomic E-state index is 0.0373. The predicted octanol–water partition coefficient (Wildman–Crippen LogP) is 3.49. The number of aryl methyl sites for hydroxylation is 1. The highest BCUT2D eigenvalue weighted by atomic mass is 79.9. The average molecular weight is 433 g/mol. The van der Waals surface area contributed by atoms with Crippen molar-refractivity contribution < 1.29 is 14.3 Å². The highest BCUT2D eigenvalue weighted by Gasteiger charge is 2.22. The number of rotatable bonds is 6. The Kier molecular flexibility index (Phi) is 6.74. The number of hydrogen-bond acceptors (Lipinski definition) is 4. The summed E-state index contributed by atoms with van der Waals surface area (Å²) >= 11 is 3.52. The number of hydrogen-bond donors (Lipinski definition) is 0. The Morgan fingerprint density at radius 1 is 1.07 bits per heavy atom. The van der Waals surface area contributed by atoms with Crippen molar-refractivity contribution in [2.45, 2.75) is 13.5 Å². The minimum Gasteiger partial charge on any atom is -0.496 e. The van der Waals surface area contributed by atoms with Crippen molar-refractivity contribution in [2.75, 3.05) is 39.9 Å². The fraction of sp³-hybridized carbons (Fsp3) is 0.381. The van der Waals surface area contributed by atoms with Gasteiger partial charge in [-0.3, -0.25) is 9.69 Å². The zero-order chi connectivity index (χ0) is 19.2. The van der Waals surface area contributed by atoms with Crippen molar-refractivity contribution in [1.82, 2.24) is 9.80 Å². The summed E-state index contributed by atoms with van der Waals surface area (Å²) in [5.41, 5.74) is 2.32. The van der Waals surface area contributed by atoms with E-state index >= 15 is 0 Å². The predicted molar refractivity (Wildman–Crippen MR) is 109 cm³/mol. The summed E-state index contributed by atoms with van der Waals surface area (Å²) in [6.07, 6.45) is 0. The molecule has 6 heteroatoms. The Labute approximate surface area is 169 Å².